The molecule has 2 N–H and O–H groups in total. The van der Waals surface area contributed by atoms with Crippen LogP contribution in [0.3, 0.4) is 0 Å². The Kier molecular flexibility index (Phi) is 9.64. The molecule has 1 atom stereocenters. The lowest BCUT2D eigenvalue weighted by Gasteiger charge is -2.22. The molecule has 0 aliphatic carbocycles. The molecule has 0 aromatic carbocycles. The van der Waals surface area contributed by atoms with E-state index in [2.05, 4.69) is 52.5 Å². The van der Waals surface area contributed by atoms with Gasteiger partial charge in [-0.05, 0) is 24.7 Å². The van der Waals surface area contributed by atoms with Crippen molar-refractivity contribution in [2.45, 2.75) is 73.0 Å². The van der Waals surface area contributed by atoms with Gasteiger partial charge >= 0.3 is 0 Å². The summed E-state index contributed by atoms with van der Waals surface area (Å²) in [5, 5.41) is 0. The van der Waals surface area contributed by atoms with Gasteiger partial charge in [-0.25, -0.2) is 5.48 Å². The molecule has 1 unspecified atom stereocenters. The van der Waals surface area contributed by atoms with Crippen molar-refractivity contribution in [1.29, 1.82) is 0 Å². The largest absolute Gasteiger partial charge is 0.301 e. The van der Waals surface area contributed by atoms with E-state index in [0.717, 1.165) is 25.8 Å². The standard InChI is InChI=1S/C14H32N2O2/c1-7-12(16-18-13(8-2)9-3)10-15-17-11-14(4,5)6/h12-13,15-16H,7-11H2,1-6H3. The minimum Gasteiger partial charge on any atom is -0.301 e. The van der Waals surface area contributed by atoms with Crippen LogP contribution in [0.25, 0.3) is 0 Å². The second-order valence-corrected chi connectivity index (χ2v) is 5.98. The maximum atomic E-state index is 5.65. The van der Waals surface area contributed by atoms with Gasteiger partial charge in [0.1, 0.15) is 0 Å². The van der Waals surface area contributed by atoms with Crippen LogP contribution in [-0.2, 0) is 9.68 Å². The minimum absolute atomic E-state index is 0.189. The summed E-state index contributed by atoms with van der Waals surface area (Å²) in [6.45, 7) is 14.3. The fraction of sp³-hybridized carbons (Fsp3) is 1.00. The smallest absolute Gasteiger partial charge is 0.0785 e. The highest BCUT2D eigenvalue weighted by Gasteiger charge is 2.12. The Labute approximate surface area is 113 Å². The predicted octanol–water partition coefficient (Wildman–Crippen LogP) is 3.04. The summed E-state index contributed by atoms with van der Waals surface area (Å²) in [7, 11) is 0. The summed E-state index contributed by atoms with van der Waals surface area (Å²) in [5.41, 5.74) is 6.33. The summed E-state index contributed by atoms with van der Waals surface area (Å²) in [4.78, 5) is 11.1. The quantitative estimate of drug-likeness (QED) is 0.468. The second-order valence-electron chi connectivity index (χ2n) is 5.98. The Bertz CT molecular complexity index is 189. The fourth-order valence-corrected chi connectivity index (χ4v) is 1.34. The van der Waals surface area contributed by atoms with E-state index < -0.39 is 0 Å². The van der Waals surface area contributed by atoms with E-state index in [0.29, 0.717) is 12.7 Å². The maximum absolute atomic E-state index is 5.65. The Morgan fingerprint density at radius 3 is 2.06 bits per heavy atom. The van der Waals surface area contributed by atoms with Gasteiger partial charge in [-0.2, -0.15) is 5.48 Å². The molecule has 0 spiro atoms. The molecule has 0 aromatic rings. The first-order valence-electron chi connectivity index (χ1n) is 7.18. The first-order valence-corrected chi connectivity index (χ1v) is 7.18. The van der Waals surface area contributed by atoms with E-state index >= 15 is 0 Å². The van der Waals surface area contributed by atoms with Gasteiger partial charge < -0.3 is 4.84 Å². The van der Waals surface area contributed by atoms with Crippen LogP contribution < -0.4 is 11.0 Å². The Hall–Kier alpha value is -0.160. The average molecular weight is 260 g/mol. The number of nitrogens with one attached hydrogen (secondary N) is 2. The normalized spacial score (nSPS) is 14.2. The first-order chi connectivity index (χ1) is 8.42. The summed E-state index contributed by atoms with van der Waals surface area (Å²) >= 11 is 0. The topological polar surface area (TPSA) is 42.5 Å². The second kappa shape index (κ2) is 9.73. The van der Waals surface area contributed by atoms with Crippen molar-refractivity contribution in [3.8, 4) is 0 Å². The molecule has 0 fully saturated rings. The van der Waals surface area contributed by atoms with E-state index in [-0.39, 0.29) is 11.5 Å². The molecule has 0 rings (SSSR count). The van der Waals surface area contributed by atoms with Gasteiger partial charge in [0.25, 0.3) is 0 Å². The number of rotatable bonds is 10. The van der Waals surface area contributed by atoms with E-state index in [1.54, 1.807) is 0 Å². The number of hydrogen-bond donors (Lipinski definition) is 2. The van der Waals surface area contributed by atoms with Crippen molar-refractivity contribution in [3.05, 3.63) is 0 Å². The number of hydroxylamine groups is 2. The maximum Gasteiger partial charge on any atom is 0.0785 e. The first kappa shape index (κ1) is 17.8. The van der Waals surface area contributed by atoms with E-state index in [4.69, 9.17) is 9.68 Å². The van der Waals surface area contributed by atoms with Crippen LogP contribution in [0, 0.1) is 5.41 Å². The molecule has 0 aliphatic heterocycles. The molecule has 110 valence electrons. The molecule has 0 amide bonds. The van der Waals surface area contributed by atoms with E-state index in [1.165, 1.54) is 0 Å². The highest BCUT2D eigenvalue weighted by molar-refractivity contribution is 4.62. The lowest BCUT2D eigenvalue weighted by atomic mass is 9.99. The van der Waals surface area contributed by atoms with Crippen molar-refractivity contribution >= 4 is 0 Å². The van der Waals surface area contributed by atoms with Gasteiger partial charge in [0.05, 0.1) is 12.7 Å². The lowest BCUT2D eigenvalue weighted by molar-refractivity contribution is -0.0622. The van der Waals surface area contributed by atoms with Crippen molar-refractivity contribution in [3.63, 3.8) is 0 Å². The van der Waals surface area contributed by atoms with Crippen molar-refractivity contribution < 1.29 is 9.68 Å². The van der Waals surface area contributed by atoms with Crippen molar-refractivity contribution in [2.24, 2.45) is 5.41 Å². The summed E-state index contributed by atoms with van der Waals surface area (Å²) in [6.07, 6.45) is 3.38. The van der Waals surface area contributed by atoms with Gasteiger partial charge in [-0.3, -0.25) is 4.84 Å². The highest BCUT2D eigenvalue weighted by atomic mass is 16.7. The summed E-state index contributed by atoms with van der Waals surface area (Å²) < 4.78 is 0. The monoisotopic (exact) mass is 260 g/mol. The third-order valence-corrected chi connectivity index (χ3v) is 2.74. The third-order valence-electron chi connectivity index (χ3n) is 2.74. The number of hydrogen-bond acceptors (Lipinski definition) is 4. The van der Waals surface area contributed by atoms with E-state index in [1.807, 2.05) is 0 Å². The zero-order chi connectivity index (χ0) is 14.0. The molecule has 18 heavy (non-hydrogen) atoms. The molecule has 0 aliphatic rings. The van der Waals surface area contributed by atoms with Crippen molar-refractivity contribution in [2.75, 3.05) is 13.2 Å². The van der Waals surface area contributed by atoms with Crippen molar-refractivity contribution in [1.82, 2.24) is 11.0 Å². The van der Waals surface area contributed by atoms with Crippen LogP contribution in [-0.4, -0.2) is 25.3 Å². The van der Waals surface area contributed by atoms with Crippen LogP contribution >= 0.6 is 0 Å². The molecule has 0 heterocycles. The molecular weight excluding hydrogens is 228 g/mol. The van der Waals surface area contributed by atoms with Gasteiger partial charge in [-0.15, -0.1) is 0 Å². The molecular formula is C14H32N2O2. The molecule has 0 bridgehead atoms. The summed E-state index contributed by atoms with van der Waals surface area (Å²) in [5.74, 6) is 0. The molecule has 0 radical (unpaired) electrons. The van der Waals surface area contributed by atoms with Crippen LogP contribution in [0.2, 0.25) is 0 Å². The Morgan fingerprint density at radius 1 is 1.00 bits per heavy atom. The van der Waals surface area contributed by atoms with Gasteiger partial charge in [-0.1, -0.05) is 41.5 Å². The molecule has 4 heteroatoms. The molecule has 4 nitrogen and oxygen atoms in total. The molecule has 0 saturated heterocycles. The third kappa shape index (κ3) is 9.83. The molecule has 0 saturated carbocycles. The lowest BCUT2D eigenvalue weighted by Crippen LogP contribution is -2.40. The zero-order valence-electron chi connectivity index (χ0n) is 13.0. The van der Waals surface area contributed by atoms with E-state index in [9.17, 15) is 0 Å². The van der Waals surface area contributed by atoms with Crippen LogP contribution in [0.5, 0.6) is 0 Å². The van der Waals surface area contributed by atoms with Gasteiger partial charge in [0.15, 0.2) is 0 Å². The van der Waals surface area contributed by atoms with Crippen LogP contribution in [0.15, 0.2) is 0 Å². The average Bonchev–Trinajstić information content (AvgIpc) is 2.31. The van der Waals surface area contributed by atoms with Crippen LogP contribution in [0.4, 0.5) is 0 Å². The van der Waals surface area contributed by atoms with Gasteiger partial charge in [0, 0.05) is 12.6 Å². The SMILES string of the molecule is CCC(CNOCC(C)(C)C)NOC(CC)CC. The minimum atomic E-state index is 0.189. The predicted molar refractivity (Wildman–Crippen MR) is 76.1 cm³/mol. The molecule has 0 aromatic heterocycles. The Morgan fingerprint density at radius 2 is 1.61 bits per heavy atom. The fourth-order valence-electron chi connectivity index (χ4n) is 1.34. The Balaban J connectivity index is 3.70. The highest BCUT2D eigenvalue weighted by Crippen LogP contribution is 2.11. The van der Waals surface area contributed by atoms with Gasteiger partial charge in [0.2, 0.25) is 0 Å². The zero-order valence-corrected chi connectivity index (χ0v) is 13.0. The summed E-state index contributed by atoms with van der Waals surface area (Å²) in [6, 6.07) is 0.283. The van der Waals surface area contributed by atoms with Crippen LogP contribution in [0.1, 0.15) is 60.8 Å².